The monoisotopic (exact) mass is 222 g/mol. The van der Waals surface area contributed by atoms with Gasteiger partial charge in [0, 0.05) is 5.92 Å². The highest BCUT2D eigenvalue weighted by Gasteiger charge is 2.22. The van der Waals surface area contributed by atoms with Crippen LogP contribution < -0.4 is 10.6 Å². The van der Waals surface area contributed by atoms with E-state index in [0.29, 0.717) is 0 Å². The molecule has 0 spiro atoms. The molecule has 1 aromatic rings. The van der Waals surface area contributed by atoms with E-state index < -0.39 is 0 Å². The highest BCUT2D eigenvalue weighted by Crippen LogP contribution is 2.16. The maximum Gasteiger partial charge on any atom is 0.223 e. The van der Waals surface area contributed by atoms with Gasteiger partial charge in [0.1, 0.15) is 5.76 Å². The molecule has 1 aromatic heterocycles. The van der Waals surface area contributed by atoms with E-state index in [2.05, 4.69) is 10.6 Å². The van der Waals surface area contributed by atoms with Gasteiger partial charge < -0.3 is 15.1 Å². The Morgan fingerprint density at radius 3 is 2.94 bits per heavy atom. The van der Waals surface area contributed by atoms with Crippen LogP contribution in [0.25, 0.3) is 0 Å². The van der Waals surface area contributed by atoms with Gasteiger partial charge in [-0.2, -0.15) is 0 Å². The fourth-order valence-corrected chi connectivity index (χ4v) is 2.02. The average Bonchev–Trinajstić information content (AvgIpc) is 2.83. The first-order chi connectivity index (χ1) is 7.77. The second kappa shape index (κ2) is 5.16. The predicted molar refractivity (Wildman–Crippen MR) is 60.9 cm³/mol. The number of rotatable bonds is 3. The minimum atomic E-state index is -0.0441. The van der Waals surface area contributed by atoms with Crippen molar-refractivity contribution in [3.05, 3.63) is 24.2 Å². The molecule has 0 aromatic carbocycles. The Morgan fingerprint density at radius 1 is 1.56 bits per heavy atom. The largest absolute Gasteiger partial charge is 0.467 e. The lowest BCUT2D eigenvalue weighted by molar-refractivity contribution is -0.126. The fraction of sp³-hybridized carbons (Fsp3) is 0.583. The first kappa shape index (κ1) is 11.2. The summed E-state index contributed by atoms with van der Waals surface area (Å²) in [7, 11) is 0. The minimum Gasteiger partial charge on any atom is -0.467 e. The molecule has 0 aliphatic carbocycles. The van der Waals surface area contributed by atoms with Crippen molar-refractivity contribution in [3.63, 3.8) is 0 Å². The Morgan fingerprint density at radius 2 is 2.31 bits per heavy atom. The Kier molecular flexibility index (Phi) is 3.62. The summed E-state index contributed by atoms with van der Waals surface area (Å²) in [5, 5.41) is 6.24. The maximum absolute atomic E-state index is 11.9. The van der Waals surface area contributed by atoms with Gasteiger partial charge in [-0.25, -0.2) is 0 Å². The van der Waals surface area contributed by atoms with Crippen LogP contribution in [0.4, 0.5) is 0 Å². The van der Waals surface area contributed by atoms with Crippen LogP contribution in [-0.2, 0) is 4.79 Å². The molecule has 1 aliphatic rings. The topological polar surface area (TPSA) is 54.3 Å². The highest BCUT2D eigenvalue weighted by atomic mass is 16.3. The van der Waals surface area contributed by atoms with E-state index >= 15 is 0 Å². The number of amides is 1. The summed E-state index contributed by atoms with van der Waals surface area (Å²) in [5.74, 6) is 1.10. The minimum absolute atomic E-state index is 0.0441. The van der Waals surface area contributed by atoms with E-state index in [-0.39, 0.29) is 17.9 Å². The third kappa shape index (κ3) is 2.64. The zero-order valence-electron chi connectivity index (χ0n) is 9.53. The lowest BCUT2D eigenvalue weighted by Crippen LogP contribution is -2.39. The van der Waals surface area contributed by atoms with E-state index in [9.17, 15) is 4.79 Å². The van der Waals surface area contributed by atoms with Gasteiger partial charge in [0.05, 0.1) is 12.3 Å². The molecule has 2 rings (SSSR count). The van der Waals surface area contributed by atoms with Crippen LogP contribution in [0.15, 0.2) is 22.8 Å². The van der Waals surface area contributed by atoms with Gasteiger partial charge in [-0.05, 0) is 45.0 Å². The molecule has 0 saturated carbocycles. The molecule has 0 unspecified atom stereocenters. The lowest BCUT2D eigenvalue weighted by atomic mass is 9.97. The van der Waals surface area contributed by atoms with Crippen molar-refractivity contribution in [1.82, 2.24) is 10.6 Å². The smallest absolute Gasteiger partial charge is 0.223 e. The van der Waals surface area contributed by atoms with Crippen molar-refractivity contribution >= 4 is 5.91 Å². The Labute approximate surface area is 95.4 Å². The van der Waals surface area contributed by atoms with Gasteiger partial charge in [0.15, 0.2) is 0 Å². The van der Waals surface area contributed by atoms with E-state index in [1.165, 1.54) is 0 Å². The van der Waals surface area contributed by atoms with Crippen LogP contribution in [0.2, 0.25) is 0 Å². The van der Waals surface area contributed by atoms with E-state index in [4.69, 9.17) is 4.42 Å². The van der Waals surface area contributed by atoms with Crippen molar-refractivity contribution in [2.75, 3.05) is 13.1 Å². The van der Waals surface area contributed by atoms with Crippen molar-refractivity contribution in [2.45, 2.75) is 25.8 Å². The second-order valence-corrected chi connectivity index (χ2v) is 4.27. The molecular weight excluding hydrogens is 204 g/mol. The number of furan rings is 1. The van der Waals surface area contributed by atoms with Crippen molar-refractivity contribution in [3.8, 4) is 0 Å². The van der Waals surface area contributed by atoms with Gasteiger partial charge in [0.2, 0.25) is 5.91 Å². The van der Waals surface area contributed by atoms with Gasteiger partial charge in [-0.15, -0.1) is 0 Å². The number of carbonyl (C=O) groups is 1. The Hall–Kier alpha value is -1.29. The van der Waals surface area contributed by atoms with E-state index in [0.717, 1.165) is 31.7 Å². The summed E-state index contributed by atoms with van der Waals surface area (Å²) in [4.78, 5) is 11.9. The number of piperidine rings is 1. The maximum atomic E-state index is 11.9. The van der Waals surface area contributed by atoms with Gasteiger partial charge in [-0.3, -0.25) is 4.79 Å². The average molecular weight is 222 g/mol. The summed E-state index contributed by atoms with van der Waals surface area (Å²) in [6.45, 7) is 3.82. The van der Waals surface area contributed by atoms with Crippen LogP contribution in [0, 0.1) is 5.92 Å². The normalized spacial score (nSPS) is 19.3. The van der Waals surface area contributed by atoms with Crippen molar-refractivity contribution in [2.24, 2.45) is 5.92 Å². The first-order valence-corrected chi connectivity index (χ1v) is 5.82. The summed E-state index contributed by atoms with van der Waals surface area (Å²) in [6, 6.07) is 3.67. The van der Waals surface area contributed by atoms with Crippen LogP contribution in [0.1, 0.15) is 31.6 Å². The number of nitrogens with one attached hydrogen (secondary N) is 2. The first-order valence-electron chi connectivity index (χ1n) is 5.82. The zero-order valence-corrected chi connectivity index (χ0v) is 9.53. The SMILES string of the molecule is C[C@@H](NC(=O)C1CCNCC1)c1ccco1. The summed E-state index contributed by atoms with van der Waals surface area (Å²) < 4.78 is 5.26. The number of carbonyl (C=O) groups excluding carboxylic acids is 1. The molecule has 2 N–H and O–H groups in total. The highest BCUT2D eigenvalue weighted by molar-refractivity contribution is 5.79. The number of hydrogen-bond acceptors (Lipinski definition) is 3. The van der Waals surface area contributed by atoms with Crippen molar-refractivity contribution in [1.29, 1.82) is 0 Å². The standard InChI is InChI=1S/C12H18N2O2/c1-9(11-3-2-8-16-11)14-12(15)10-4-6-13-7-5-10/h2-3,8-10,13H,4-7H2,1H3,(H,14,15)/t9-/m1/s1. The quantitative estimate of drug-likeness (QED) is 0.814. The molecule has 4 heteroatoms. The molecule has 1 saturated heterocycles. The summed E-state index contributed by atoms with van der Waals surface area (Å²) >= 11 is 0. The zero-order chi connectivity index (χ0) is 11.4. The third-order valence-electron chi connectivity index (χ3n) is 3.04. The molecule has 1 amide bonds. The number of hydrogen-bond donors (Lipinski definition) is 2. The lowest BCUT2D eigenvalue weighted by Gasteiger charge is -2.23. The second-order valence-electron chi connectivity index (χ2n) is 4.27. The van der Waals surface area contributed by atoms with Crippen LogP contribution in [0.3, 0.4) is 0 Å². The molecule has 0 radical (unpaired) electrons. The Bertz CT molecular complexity index is 329. The molecule has 0 bridgehead atoms. The van der Waals surface area contributed by atoms with Gasteiger partial charge in [-0.1, -0.05) is 0 Å². The molecule has 88 valence electrons. The van der Waals surface area contributed by atoms with Crippen LogP contribution >= 0.6 is 0 Å². The predicted octanol–water partition coefficient (Wildman–Crippen LogP) is 1.46. The molecule has 1 fully saturated rings. The van der Waals surface area contributed by atoms with Crippen LogP contribution in [-0.4, -0.2) is 19.0 Å². The fourth-order valence-electron chi connectivity index (χ4n) is 2.02. The third-order valence-corrected chi connectivity index (χ3v) is 3.04. The summed E-state index contributed by atoms with van der Waals surface area (Å²) in [5.41, 5.74) is 0. The molecule has 16 heavy (non-hydrogen) atoms. The molecule has 1 aliphatic heterocycles. The van der Waals surface area contributed by atoms with Gasteiger partial charge >= 0.3 is 0 Å². The Balaban J connectivity index is 1.86. The van der Waals surface area contributed by atoms with E-state index in [1.54, 1.807) is 6.26 Å². The molecule has 4 nitrogen and oxygen atoms in total. The van der Waals surface area contributed by atoms with Crippen molar-refractivity contribution < 1.29 is 9.21 Å². The molecular formula is C12H18N2O2. The summed E-state index contributed by atoms with van der Waals surface area (Å²) in [6.07, 6.45) is 3.48. The van der Waals surface area contributed by atoms with E-state index in [1.807, 2.05) is 19.1 Å². The van der Waals surface area contributed by atoms with Crippen LogP contribution in [0.5, 0.6) is 0 Å². The molecule has 2 heterocycles. The molecule has 1 atom stereocenters. The van der Waals surface area contributed by atoms with Gasteiger partial charge in [0.25, 0.3) is 0 Å².